The van der Waals surface area contributed by atoms with E-state index in [-0.39, 0.29) is 27.6 Å². The summed E-state index contributed by atoms with van der Waals surface area (Å²) in [6.07, 6.45) is 6.17. The Morgan fingerprint density at radius 1 is 1.16 bits per heavy atom. The molecule has 1 aliphatic heterocycles. The lowest BCUT2D eigenvalue weighted by atomic mass is 10.0. The molecule has 0 aliphatic carbocycles. The molecule has 0 saturated carbocycles. The lowest BCUT2D eigenvalue weighted by molar-refractivity contribution is 0.0996. The van der Waals surface area contributed by atoms with Crippen LogP contribution in [0.4, 0.5) is 14.9 Å². The Bertz CT molecular complexity index is 1560. The summed E-state index contributed by atoms with van der Waals surface area (Å²) in [6.45, 7) is 4.89. The quantitative estimate of drug-likeness (QED) is 0.287. The fourth-order valence-corrected chi connectivity index (χ4v) is 5.82. The van der Waals surface area contributed by atoms with Gasteiger partial charge in [0.25, 0.3) is 5.91 Å². The lowest BCUT2D eigenvalue weighted by Gasteiger charge is -2.38. The zero-order valence-electron chi connectivity index (χ0n) is 24.1. The van der Waals surface area contributed by atoms with E-state index in [4.69, 9.17) is 22.1 Å². The molecule has 2 aromatic carbocycles. The smallest absolute Gasteiger partial charge is 0.322 e. The number of anilines is 1. The standard InChI is InChI=1S/C30H35ClFN5O5S/c1-3-4-13-37(30(39)35-21-6-8-26(32)24(16-21)29(33)38)22-11-14-36(15-12-22)19-20-5-10-28(34-18-20)42-27-9-7-23(17-25(27)31)43(2,40)41/h5-10,16-18,22H,3-4,11-15,19H2,1-2H3,(H2,33,38)(H,35,39). The normalized spacial score (nSPS) is 14.3. The summed E-state index contributed by atoms with van der Waals surface area (Å²) in [5, 5.41) is 2.97. The summed E-state index contributed by atoms with van der Waals surface area (Å²) in [5.41, 5.74) is 6.28. The number of sulfone groups is 1. The van der Waals surface area contributed by atoms with E-state index < -0.39 is 21.6 Å². The number of likely N-dealkylation sites (tertiary alicyclic amines) is 1. The van der Waals surface area contributed by atoms with Crippen molar-refractivity contribution in [2.24, 2.45) is 5.73 Å². The molecule has 0 atom stereocenters. The van der Waals surface area contributed by atoms with Gasteiger partial charge in [0, 0.05) is 56.4 Å². The Hall–Kier alpha value is -3.74. The summed E-state index contributed by atoms with van der Waals surface area (Å²) in [7, 11) is -3.38. The van der Waals surface area contributed by atoms with E-state index in [9.17, 15) is 22.4 Å². The minimum absolute atomic E-state index is 0.0339. The van der Waals surface area contributed by atoms with Gasteiger partial charge in [-0.05, 0) is 61.2 Å². The molecule has 1 fully saturated rings. The fourth-order valence-electron chi connectivity index (χ4n) is 4.89. The summed E-state index contributed by atoms with van der Waals surface area (Å²) in [6, 6.07) is 11.5. The number of pyridine rings is 1. The Morgan fingerprint density at radius 2 is 1.91 bits per heavy atom. The topological polar surface area (TPSA) is 135 Å². The molecule has 0 spiro atoms. The lowest BCUT2D eigenvalue weighted by Crippen LogP contribution is -2.49. The van der Waals surface area contributed by atoms with E-state index in [1.54, 1.807) is 12.3 Å². The second kappa shape index (κ2) is 14.2. The number of halogens is 2. The van der Waals surface area contributed by atoms with Gasteiger partial charge in [-0.3, -0.25) is 9.69 Å². The van der Waals surface area contributed by atoms with Crippen molar-refractivity contribution in [1.82, 2.24) is 14.8 Å². The highest BCUT2D eigenvalue weighted by atomic mass is 35.5. The molecule has 13 heteroatoms. The minimum atomic E-state index is -3.38. The van der Waals surface area contributed by atoms with Crippen molar-refractivity contribution in [2.75, 3.05) is 31.2 Å². The molecule has 0 unspecified atom stereocenters. The molecule has 10 nitrogen and oxygen atoms in total. The number of primary amides is 1. The van der Waals surface area contributed by atoms with Crippen LogP contribution in [-0.4, -0.2) is 67.1 Å². The van der Waals surface area contributed by atoms with E-state index in [1.165, 1.54) is 30.3 Å². The highest BCUT2D eigenvalue weighted by molar-refractivity contribution is 7.90. The summed E-state index contributed by atoms with van der Waals surface area (Å²) >= 11 is 6.21. The molecular weight excluding hydrogens is 597 g/mol. The molecule has 0 bridgehead atoms. The van der Waals surface area contributed by atoms with Crippen LogP contribution in [0.25, 0.3) is 0 Å². The molecule has 43 heavy (non-hydrogen) atoms. The summed E-state index contributed by atoms with van der Waals surface area (Å²) in [5.74, 6) is -0.991. The monoisotopic (exact) mass is 631 g/mol. The number of aromatic nitrogens is 1. The number of piperidine rings is 1. The number of hydrogen-bond acceptors (Lipinski definition) is 7. The molecule has 3 N–H and O–H groups in total. The van der Waals surface area contributed by atoms with E-state index in [2.05, 4.69) is 22.1 Å². The molecule has 3 amide bonds. The molecule has 1 saturated heterocycles. The van der Waals surface area contributed by atoms with E-state index >= 15 is 0 Å². The molecule has 2 heterocycles. The number of amides is 3. The highest BCUT2D eigenvalue weighted by Gasteiger charge is 2.28. The first-order valence-corrected chi connectivity index (χ1v) is 16.2. The van der Waals surface area contributed by atoms with Crippen molar-refractivity contribution in [3.8, 4) is 11.6 Å². The van der Waals surface area contributed by atoms with Gasteiger partial charge in [-0.2, -0.15) is 0 Å². The van der Waals surface area contributed by atoms with Crippen LogP contribution in [0.3, 0.4) is 0 Å². The van der Waals surface area contributed by atoms with Gasteiger partial charge in [0.1, 0.15) is 11.6 Å². The van der Waals surface area contributed by atoms with Crippen molar-refractivity contribution in [3.05, 3.63) is 76.7 Å². The Labute approximate surface area is 255 Å². The van der Waals surface area contributed by atoms with Gasteiger partial charge in [0.15, 0.2) is 9.84 Å². The van der Waals surface area contributed by atoms with Crippen LogP contribution < -0.4 is 15.8 Å². The number of benzene rings is 2. The van der Waals surface area contributed by atoms with Crippen molar-refractivity contribution in [2.45, 2.75) is 50.1 Å². The molecular formula is C30H35ClFN5O5S. The minimum Gasteiger partial charge on any atom is -0.437 e. The van der Waals surface area contributed by atoms with Crippen molar-refractivity contribution in [3.63, 3.8) is 0 Å². The van der Waals surface area contributed by atoms with Crippen molar-refractivity contribution < 1.29 is 27.1 Å². The Morgan fingerprint density at radius 3 is 2.51 bits per heavy atom. The fraction of sp³-hybridized carbons (Fsp3) is 0.367. The van der Waals surface area contributed by atoms with Gasteiger partial charge in [-0.25, -0.2) is 22.6 Å². The van der Waals surface area contributed by atoms with Crippen molar-refractivity contribution >= 4 is 39.1 Å². The molecule has 4 rings (SSSR count). The first kappa shape index (κ1) is 32.2. The number of ether oxygens (including phenoxy) is 1. The number of rotatable bonds is 11. The van der Waals surface area contributed by atoms with Gasteiger partial charge >= 0.3 is 6.03 Å². The molecule has 230 valence electrons. The van der Waals surface area contributed by atoms with Gasteiger partial charge in [0.2, 0.25) is 5.88 Å². The number of carbonyl (C=O) groups is 2. The van der Waals surface area contributed by atoms with Crippen LogP contribution in [0, 0.1) is 5.82 Å². The zero-order valence-corrected chi connectivity index (χ0v) is 25.6. The van der Waals surface area contributed by atoms with Gasteiger partial charge < -0.3 is 20.7 Å². The Kier molecular flexibility index (Phi) is 10.6. The number of unbranched alkanes of at least 4 members (excludes halogenated alkanes) is 1. The largest absolute Gasteiger partial charge is 0.437 e. The average Bonchev–Trinajstić information content (AvgIpc) is 2.96. The molecule has 1 aliphatic rings. The SMILES string of the molecule is CCCCN(C(=O)Nc1ccc(F)c(C(N)=O)c1)C1CCN(Cc2ccc(Oc3ccc(S(C)(=O)=O)cc3Cl)nc2)CC1. The summed E-state index contributed by atoms with van der Waals surface area (Å²) < 4.78 is 43.1. The molecule has 1 aromatic heterocycles. The van der Waals surface area contributed by atoms with E-state index in [0.29, 0.717) is 30.4 Å². The van der Waals surface area contributed by atoms with Crippen molar-refractivity contribution in [1.29, 1.82) is 0 Å². The van der Waals surface area contributed by atoms with Gasteiger partial charge in [-0.1, -0.05) is 31.0 Å². The first-order chi connectivity index (χ1) is 20.4. The number of urea groups is 1. The predicted molar refractivity (Wildman–Crippen MR) is 163 cm³/mol. The number of carbonyl (C=O) groups excluding carboxylic acids is 2. The van der Waals surface area contributed by atoms with Crippen LogP contribution in [0.1, 0.15) is 48.5 Å². The third-order valence-corrected chi connectivity index (χ3v) is 8.65. The predicted octanol–water partition coefficient (Wildman–Crippen LogP) is 5.47. The zero-order chi connectivity index (χ0) is 31.1. The average molecular weight is 632 g/mol. The number of nitrogens with one attached hydrogen (secondary N) is 1. The van der Waals surface area contributed by atoms with Crippen LogP contribution in [-0.2, 0) is 16.4 Å². The third kappa shape index (κ3) is 8.65. The van der Waals surface area contributed by atoms with E-state index in [0.717, 1.165) is 56.7 Å². The van der Waals surface area contributed by atoms with Crippen LogP contribution in [0.5, 0.6) is 11.6 Å². The van der Waals surface area contributed by atoms with Crippen LogP contribution in [0.2, 0.25) is 5.02 Å². The maximum absolute atomic E-state index is 13.9. The van der Waals surface area contributed by atoms with E-state index in [1.807, 2.05) is 11.0 Å². The van der Waals surface area contributed by atoms with Crippen LogP contribution in [0.15, 0.2) is 59.6 Å². The second-order valence-corrected chi connectivity index (χ2v) is 12.9. The third-order valence-electron chi connectivity index (χ3n) is 7.24. The second-order valence-electron chi connectivity index (χ2n) is 10.5. The highest BCUT2D eigenvalue weighted by Crippen LogP contribution is 2.31. The number of nitrogens with zero attached hydrogens (tertiary/aromatic N) is 3. The number of nitrogens with two attached hydrogens (primary N) is 1. The number of hydrogen-bond donors (Lipinski definition) is 2. The van der Waals surface area contributed by atoms with Crippen LogP contribution >= 0.6 is 11.6 Å². The maximum atomic E-state index is 13.9. The maximum Gasteiger partial charge on any atom is 0.322 e. The molecule has 3 aromatic rings. The molecule has 0 radical (unpaired) electrons. The summed E-state index contributed by atoms with van der Waals surface area (Å²) in [4.78, 5) is 33.4. The Balaban J connectivity index is 1.32. The first-order valence-electron chi connectivity index (χ1n) is 14.0. The van der Waals surface area contributed by atoms with Gasteiger partial charge in [-0.15, -0.1) is 0 Å². The van der Waals surface area contributed by atoms with Gasteiger partial charge in [0.05, 0.1) is 15.5 Å².